The Morgan fingerprint density at radius 2 is 2.40 bits per heavy atom. The summed E-state index contributed by atoms with van der Waals surface area (Å²) in [5.41, 5.74) is 5.69. The lowest BCUT2D eigenvalue weighted by Crippen LogP contribution is -2.38. The lowest BCUT2D eigenvalue weighted by molar-refractivity contribution is 0.168. The Morgan fingerprint density at radius 3 is 3.00 bits per heavy atom. The SMILES string of the molecule is CC(O)C(N)CNc1nc(C2CC2)ns1. The van der Waals surface area contributed by atoms with Gasteiger partial charge in [-0.15, -0.1) is 0 Å². The molecule has 0 radical (unpaired) electrons. The standard InChI is InChI=1S/C9H16N4OS/c1-5(14)7(10)4-11-9-12-8(13-15-9)6-2-3-6/h5-7,14H,2-4,10H2,1H3,(H,11,12,13). The molecule has 0 aliphatic heterocycles. The van der Waals surface area contributed by atoms with E-state index in [1.165, 1.54) is 24.4 Å². The van der Waals surface area contributed by atoms with Crippen molar-refractivity contribution in [2.24, 2.45) is 5.73 Å². The normalized spacial score (nSPS) is 19.9. The van der Waals surface area contributed by atoms with Gasteiger partial charge in [0.1, 0.15) is 5.82 Å². The van der Waals surface area contributed by atoms with Gasteiger partial charge in [0.15, 0.2) is 0 Å². The first-order valence-electron chi connectivity index (χ1n) is 5.18. The summed E-state index contributed by atoms with van der Waals surface area (Å²) in [6.07, 6.45) is 1.92. The van der Waals surface area contributed by atoms with Crippen molar-refractivity contribution in [2.75, 3.05) is 11.9 Å². The highest BCUT2D eigenvalue weighted by atomic mass is 32.1. The van der Waals surface area contributed by atoms with Crippen molar-refractivity contribution in [1.82, 2.24) is 9.36 Å². The minimum absolute atomic E-state index is 0.265. The van der Waals surface area contributed by atoms with Gasteiger partial charge in [-0.25, -0.2) is 4.98 Å². The van der Waals surface area contributed by atoms with Gasteiger partial charge in [-0.2, -0.15) is 4.37 Å². The first-order valence-corrected chi connectivity index (χ1v) is 5.95. The predicted octanol–water partition coefficient (Wildman–Crippen LogP) is 0.535. The maximum atomic E-state index is 9.20. The van der Waals surface area contributed by atoms with E-state index >= 15 is 0 Å². The lowest BCUT2D eigenvalue weighted by Gasteiger charge is -2.14. The van der Waals surface area contributed by atoms with Gasteiger partial charge < -0.3 is 16.2 Å². The molecule has 2 rings (SSSR count). The van der Waals surface area contributed by atoms with Gasteiger partial charge in [0.25, 0.3) is 0 Å². The minimum atomic E-state index is -0.506. The molecule has 84 valence electrons. The molecule has 1 aromatic heterocycles. The smallest absolute Gasteiger partial charge is 0.202 e. The molecular weight excluding hydrogens is 212 g/mol. The summed E-state index contributed by atoms with van der Waals surface area (Å²) < 4.78 is 4.27. The molecule has 5 nitrogen and oxygen atoms in total. The number of hydrogen-bond acceptors (Lipinski definition) is 6. The molecule has 2 unspecified atom stereocenters. The van der Waals surface area contributed by atoms with Gasteiger partial charge in [0, 0.05) is 30.0 Å². The van der Waals surface area contributed by atoms with Crippen LogP contribution in [0.2, 0.25) is 0 Å². The van der Waals surface area contributed by atoms with E-state index < -0.39 is 6.10 Å². The highest BCUT2D eigenvalue weighted by Gasteiger charge is 2.27. The van der Waals surface area contributed by atoms with Crippen LogP contribution in [0.4, 0.5) is 5.13 Å². The van der Waals surface area contributed by atoms with Crippen molar-refractivity contribution in [2.45, 2.75) is 37.8 Å². The number of anilines is 1. The van der Waals surface area contributed by atoms with E-state index in [-0.39, 0.29) is 6.04 Å². The van der Waals surface area contributed by atoms with Crippen LogP contribution in [0, 0.1) is 0 Å². The Bertz CT molecular complexity index is 324. The quantitative estimate of drug-likeness (QED) is 0.685. The maximum Gasteiger partial charge on any atom is 0.202 e. The van der Waals surface area contributed by atoms with Crippen molar-refractivity contribution in [3.63, 3.8) is 0 Å². The second-order valence-corrected chi connectivity index (χ2v) is 4.77. The van der Waals surface area contributed by atoms with Gasteiger partial charge in [-0.05, 0) is 19.8 Å². The van der Waals surface area contributed by atoms with E-state index in [4.69, 9.17) is 5.73 Å². The fourth-order valence-corrected chi connectivity index (χ4v) is 1.84. The summed E-state index contributed by atoms with van der Waals surface area (Å²) >= 11 is 1.36. The molecule has 1 aliphatic rings. The second kappa shape index (κ2) is 4.42. The van der Waals surface area contributed by atoms with E-state index in [0.717, 1.165) is 11.0 Å². The third kappa shape index (κ3) is 2.87. The van der Waals surface area contributed by atoms with Gasteiger partial charge in [0.2, 0.25) is 5.13 Å². The number of nitrogens with one attached hydrogen (secondary N) is 1. The third-order valence-corrected chi connectivity index (χ3v) is 3.18. The summed E-state index contributed by atoms with van der Waals surface area (Å²) in [6, 6.07) is -0.265. The van der Waals surface area contributed by atoms with Crippen LogP contribution in [0.3, 0.4) is 0 Å². The van der Waals surface area contributed by atoms with Gasteiger partial charge in [-0.1, -0.05) is 0 Å². The number of aliphatic hydroxyl groups is 1. The largest absolute Gasteiger partial charge is 0.392 e. The Morgan fingerprint density at radius 1 is 1.67 bits per heavy atom. The Labute approximate surface area is 92.9 Å². The zero-order chi connectivity index (χ0) is 10.8. The molecule has 6 heteroatoms. The van der Waals surface area contributed by atoms with Crippen molar-refractivity contribution < 1.29 is 5.11 Å². The van der Waals surface area contributed by atoms with Crippen LogP contribution in [-0.2, 0) is 0 Å². The molecule has 1 fully saturated rings. The average Bonchev–Trinajstić information content (AvgIpc) is 2.95. The molecule has 15 heavy (non-hydrogen) atoms. The zero-order valence-electron chi connectivity index (χ0n) is 8.68. The molecule has 1 aromatic rings. The number of aromatic nitrogens is 2. The average molecular weight is 228 g/mol. The summed E-state index contributed by atoms with van der Waals surface area (Å²) in [6.45, 7) is 2.21. The Hall–Kier alpha value is -0.720. The van der Waals surface area contributed by atoms with Crippen molar-refractivity contribution in [1.29, 1.82) is 0 Å². The molecular formula is C9H16N4OS. The van der Waals surface area contributed by atoms with E-state index in [9.17, 15) is 5.11 Å². The predicted molar refractivity (Wildman–Crippen MR) is 60.0 cm³/mol. The molecule has 0 aromatic carbocycles. The van der Waals surface area contributed by atoms with Crippen LogP contribution in [0.15, 0.2) is 0 Å². The molecule has 0 spiro atoms. The fraction of sp³-hybridized carbons (Fsp3) is 0.778. The topological polar surface area (TPSA) is 84.1 Å². The molecule has 0 saturated heterocycles. The number of rotatable bonds is 5. The fourth-order valence-electron chi connectivity index (χ4n) is 1.19. The molecule has 1 aliphatic carbocycles. The second-order valence-electron chi connectivity index (χ2n) is 4.02. The zero-order valence-corrected chi connectivity index (χ0v) is 9.50. The first kappa shape index (κ1) is 10.8. The monoisotopic (exact) mass is 228 g/mol. The molecule has 0 bridgehead atoms. The summed E-state index contributed by atoms with van der Waals surface area (Å²) in [5, 5.41) is 13.1. The number of hydrogen-bond donors (Lipinski definition) is 3. The van der Waals surface area contributed by atoms with Crippen LogP contribution in [0.25, 0.3) is 0 Å². The van der Waals surface area contributed by atoms with Gasteiger partial charge in [-0.3, -0.25) is 0 Å². The molecule has 0 amide bonds. The summed E-state index contributed by atoms with van der Waals surface area (Å²) in [4.78, 5) is 4.36. The van der Waals surface area contributed by atoms with Crippen LogP contribution in [0.5, 0.6) is 0 Å². The number of nitrogens with zero attached hydrogens (tertiary/aromatic N) is 2. The van der Waals surface area contributed by atoms with Crippen LogP contribution in [0.1, 0.15) is 31.5 Å². The van der Waals surface area contributed by atoms with Crippen molar-refractivity contribution >= 4 is 16.7 Å². The molecule has 1 saturated carbocycles. The van der Waals surface area contributed by atoms with E-state index in [1.54, 1.807) is 6.92 Å². The van der Waals surface area contributed by atoms with E-state index in [0.29, 0.717) is 12.5 Å². The van der Waals surface area contributed by atoms with E-state index in [1.807, 2.05) is 0 Å². The van der Waals surface area contributed by atoms with Crippen molar-refractivity contribution in [3.05, 3.63) is 5.82 Å². The minimum Gasteiger partial charge on any atom is -0.392 e. The van der Waals surface area contributed by atoms with Gasteiger partial charge >= 0.3 is 0 Å². The first-order chi connectivity index (χ1) is 7.16. The van der Waals surface area contributed by atoms with Crippen LogP contribution < -0.4 is 11.1 Å². The Kier molecular flexibility index (Phi) is 3.18. The summed E-state index contributed by atoms with van der Waals surface area (Å²) in [5.74, 6) is 1.54. The van der Waals surface area contributed by atoms with Crippen LogP contribution >= 0.6 is 11.5 Å². The third-order valence-electron chi connectivity index (χ3n) is 2.49. The number of aliphatic hydroxyl groups excluding tert-OH is 1. The summed E-state index contributed by atoms with van der Waals surface area (Å²) in [7, 11) is 0. The van der Waals surface area contributed by atoms with Crippen LogP contribution in [-0.4, -0.2) is 33.2 Å². The number of nitrogens with two attached hydrogens (primary N) is 1. The highest BCUT2D eigenvalue weighted by Crippen LogP contribution is 2.39. The lowest BCUT2D eigenvalue weighted by atomic mass is 10.2. The molecule has 1 heterocycles. The maximum absolute atomic E-state index is 9.20. The van der Waals surface area contributed by atoms with E-state index in [2.05, 4.69) is 14.7 Å². The molecule has 4 N–H and O–H groups in total. The van der Waals surface area contributed by atoms with Crippen molar-refractivity contribution in [3.8, 4) is 0 Å². The van der Waals surface area contributed by atoms with Gasteiger partial charge in [0.05, 0.1) is 6.10 Å². The highest BCUT2D eigenvalue weighted by molar-refractivity contribution is 7.09. The molecule has 2 atom stereocenters. The Balaban J connectivity index is 1.82.